The lowest BCUT2D eigenvalue weighted by atomic mass is 10.0. The topological polar surface area (TPSA) is 44.5 Å². The Labute approximate surface area is 108 Å². The number of hydrogen-bond acceptors (Lipinski definition) is 3. The number of rotatable bonds is 6. The fourth-order valence-corrected chi connectivity index (χ4v) is 2.02. The summed E-state index contributed by atoms with van der Waals surface area (Å²) >= 11 is 0. The van der Waals surface area contributed by atoms with E-state index in [9.17, 15) is 0 Å². The summed E-state index contributed by atoms with van der Waals surface area (Å²) in [6.07, 6.45) is 0.892. The fourth-order valence-electron chi connectivity index (χ4n) is 2.02. The Balaban J connectivity index is 2.23. The van der Waals surface area contributed by atoms with E-state index in [1.54, 1.807) is 7.11 Å². The van der Waals surface area contributed by atoms with Crippen LogP contribution < -0.4 is 10.5 Å². The van der Waals surface area contributed by atoms with Gasteiger partial charge >= 0.3 is 0 Å². The van der Waals surface area contributed by atoms with E-state index in [2.05, 4.69) is 12.1 Å². The first-order valence-electron chi connectivity index (χ1n) is 6.19. The monoisotopic (exact) mass is 245 g/mol. The summed E-state index contributed by atoms with van der Waals surface area (Å²) in [5.41, 5.74) is 6.90. The quantitative estimate of drug-likeness (QED) is 0.796. The Bertz CT molecular complexity index is 511. The first-order chi connectivity index (χ1) is 8.86. The minimum absolute atomic E-state index is 0.546. The summed E-state index contributed by atoms with van der Waals surface area (Å²) in [6, 6.07) is 12.2. The molecule has 2 N–H and O–H groups in total. The predicted octanol–water partition coefficient (Wildman–Crippen LogP) is 2.71. The number of ether oxygens (including phenoxy) is 2. The van der Waals surface area contributed by atoms with E-state index >= 15 is 0 Å². The van der Waals surface area contributed by atoms with Crippen LogP contribution >= 0.6 is 0 Å². The maximum Gasteiger partial charge on any atom is 0.127 e. The van der Waals surface area contributed by atoms with Crippen molar-refractivity contribution in [2.45, 2.75) is 13.0 Å². The van der Waals surface area contributed by atoms with Gasteiger partial charge in [-0.15, -0.1) is 0 Å². The van der Waals surface area contributed by atoms with Crippen molar-refractivity contribution in [1.29, 1.82) is 0 Å². The molecule has 0 aliphatic heterocycles. The molecule has 0 amide bonds. The Morgan fingerprint density at radius 1 is 1.00 bits per heavy atom. The summed E-state index contributed by atoms with van der Waals surface area (Å²) in [6.45, 7) is 1.93. The van der Waals surface area contributed by atoms with Crippen LogP contribution in [0.1, 0.15) is 12.0 Å². The summed E-state index contributed by atoms with van der Waals surface area (Å²) in [5, 5.41) is 2.29. The molecule has 0 aromatic heterocycles. The van der Waals surface area contributed by atoms with Gasteiger partial charge in [-0.25, -0.2) is 0 Å². The Kier molecular flexibility index (Phi) is 4.56. The van der Waals surface area contributed by atoms with E-state index in [1.807, 2.05) is 24.3 Å². The minimum atomic E-state index is 0.546. The zero-order chi connectivity index (χ0) is 12.8. The largest absolute Gasteiger partial charge is 0.493 e. The third-order valence-electron chi connectivity index (χ3n) is 2.94. The highest BCUT2D eigenvalue weighted by molar-refractivity contribution is 5.91. The van der Waals surface area contributed by atoms with Crippen molar-refractivity contribution in [1.82, 2.24) is 0 Å². The second kappa shape index (κ2) is 6.38. The zero-order valence-corrected chi connectivity index (χ0v) is 10.7. The van der Waals surface area contributed by atoms with Gasteiger partial charge < -0.3 is 15.2 Å². The average molecular weight is 245 g/mol. The molecule has 2 rings (SSSR count). The average Bonchev–Trinajstić information content (AvgIpc) is 2.43. The summed E-state index contributed by atoms with van der Waals surface area (Å²) in [4.78, 5) is 0. The molecule has 2 aromatic carbocycles. The van der Waals surface area contributed by atoms with Gasteiger partial charge in [0, 0.05) is 32.1 Å². The first kappa shape index (κ1) is 12.9. The van der Waals surface area contributed by atoms with Gasteiger partial charge in [-0.05, 0) is 17.0 Å². The van der Waals surface area contributed by atoms with Crippen molar-refractivity contribution >= 4 is 10.8 Å². The molecule has 96 valence electrons. The van der Waals surface area contributed by atoms with Crippen molar-refractivity contribution in [3.05, 3.63) is 42.0 Å². The first-order valence-corrected chi connectivity index (χ1v) is 6.19. The van der Waals surface area contributed by atoms with Crippen LogP contribution in [0.2, 0.25) is 0 Å². The maximum atomic E-state index is 5.80. The molecule has 2 aromatic rings. The van der Waals surface area contributed by atoms with Gasteiger partial charge in [0.25, 0.3) is 0 Å². The van der Waals surface area contributed by atoms with E-state index in [1.165, 1.54) is 5.39 Å². The molecule has 0 fully saturated rings. The number of fused-ring (bicyclic) bond motifs is 1. The number of hydrogen-bond donors (Lipinski definition) is 1. The van der Waals surface area contributed by atoms with Gasteiger partial charge in [-0.3, -0.25) is 0 Å². The van der Waals surface area contributed by atoms with Crippen molar-refractivity contribution in [2.24, 2.45) is 5.73 Å². The highest BCUT2D eigenvalue weighted by atomic mass is 16.5. The van der Waals surface area contributed by atoms with Gasteiger partial charge in [0.15, 0.2) is 0 Å². The molecular weight excluding hydrogens is 226 g/mol. The molecule has 18 heavy (non-hydrogen) atoms. The van der Waals surface area contributed by atoms with Crippen LogP contribution in [0, 0.1) is 0 Å². The number of methoxy groups -OCH3 is 1. The molecule has 0 atom stereocenters. The summed E-state index contributed by atoms with van der Waals surface area (Å²) < 4.78 is 10.8. The third kappa shape index (κ3) is 2.81. The predicted molar refractivity (Wildman–Crippen MR) is 73.8 cm³/mol. The number of nitrogens with two attached hydrogens (primary N) is 1. The van der Waals surface area contributed by atoms with E-state index in [4.69, 9.17) is 15.2 Å². The van der Waals surface area contributed by atoms with Crippen LogP contribution in [0.15, 0.2) is 36.4 Å². The molecule has 3 nitrogen and oxygen atoms in total. The molecule has 3 heteroatoms. The zero-order valence-electron chi connectivity index (χ0n) is 10.7. The second-order valence-electron chi connectivity index (χ2n) is 4.17. The highest BCUT2D eigenvalue weighted by Crippen LogP contribution is 2.28. The van der Waals surface area contributed by atoms with Crippen LogP contribution in [0.25, 0.3) is 10.8 Å². The molecule has 0 saturated heterocycles. The van der Waals surface area contributed by atoms with Gasteiger partial charge in [-0.1, -0.05) is 30.3 Å². The van der Waals surface area contributed by atoms with E-state index < -0.39 is 0 Å². The van der Waals surface area contributed by atoms with Gasteiger partial charge in [-0.2, -0.15) is 0 Å². The molecule has 0 aliphatic carbocycles. The molecule has 0 radical (unpaired) electrons. The molecule has 0 aliphatic rings. The normalized spacial score (nSPS) is 10.8. The molecule has 0 spiro atoms. The van der Waals surface area contributed by atoms with Crippen molar-refractivity contribution in [3.8, 4) is 5.75 Å². The third-order valence-corrected chi connectivity index (χ3v) is 2.94. The van der Waals surface area contributed by atoms with Crippen LogP contribution in [0.3, 0.4) is 0 Å². The lowest BCUT2D eigenvalue weighted by Gasteiger charge is -2.11. The van der Waals surface area contributed by atoms with E-state index in [-0.39, 0.29) is 0 Å². The van der Waals surface area contributed by atoms with Crippen molar-refractivity contribution < 1.29 is 9.47 Å². The summed E-state index contributed by atoms with van der Waals surface area (Å²) in [7, 11) is 1.70. The second-order valence-corrected chi connectivity index (χ2v) is 4.17. The maximum absolute atomic E-state index is 5.80. The standard InChI is InChI=1S/C15H19NO2/c1-17-9-4-10-18-15-8-7-12(11-16)13-5-2-3-6-14(13)15/h2-3,5-8H,4,9-11,16H2,1H3. The van der Waals surface area contributed by atoms with Gasteiger partial charge in [0.1, 0.15) is 5.75 Å². The van der Waals surface area contributed by atoms with Crippen LogP contribution in [-0.2, 0) is 11.3 Å². The Hall–Kier alpha value is -1.58. The molecular formula is C15H19NO2. The molecule has 0 bridgehead atoms. The Morgan fingerprint density at radius 2 is 1.78 bits per heavy atom. The van der Waals surface area contributed by atoms with Gasteiger partial charge in [0.2, 0.25) is 0 Å². The smallest absolute Gasteiger partial charge is 0.127 e. The van der Waals surface area contributed by atoms with Gasteiger partial charge in [0.05, 0.1) is 6.61 Å². The fraction of sp³-hybridized carbons (Fsp3) is 0.333. The summed E-state index contributed by atoms with van der Waals surface area (Å²) in [5.74, 6) is 0.916. The van der Waals surface area contributed by atoms with Crippen molar-refractivity contribution in [3.63, 3.8) is 0 Å². The molecule has 0 saturated carbocycles. The molecule has 0 heterocycles. The Morgan fingerprint density at radius 3 is 2.50 bits per heavy atom. The van der Waals surface area contributed by atoms with Crippen LogP contribution in [-0.4, -0.2) is 20.3 Å². The van der Waals surface area contributed by atoms with E-state index in [0.717, 1.165) is 29.7 Å². The molecule has 0 unspecified atom stereocenters. The lowest BCUT2D eigenvalue weighted by Crippen LogP contribution is -2.03. The van der Waals surface area contributed by atoms with Crippen LogP contribution in [0.4, 0.5) is 0 Å². The minimum Gasteiger partial charge on any atom is -0.493 e. The van der Waals surface area contributed by atoms with E-state index in [0.29, 0.717) is 13.2 Å². The van der Waals surface area contributed by atoms with Crippen LogP contribution in [0.5, 0.6) is 5.75 Å². The SMILES string of the molecule is COCCCOc1ccc(CN)c2ccccc12. The van der Waals surface area contributed by atoms with Crippen molar-refractivity contribution in [2.75, 3.05) is 20.3 Å². The highest BCUT2D eigenvalue weighted by Gasteiger charge is 2.05. The lowest BCUT2D eigenvalue weighted by molar-refractivity contribution is 0.172. The number of benzene rings is 2.